The average Bonchev–Trinajstić information content (AvgIpc) is 3.13. The Hall–Kier alpha value is -4.09. The maximum atomic E-state index is 13.9. The molecule has 0 aliphatic rings. The fraction of sp³-hybridized carbons (Fsp3) is 0.176. The number of nitrogens with one attached hydrogen (secondary N) is 1. The van der Waals surface area contributed by atoms with Gasteiger partial charge >= 0.3 is 0 Å². The van der Waals surface area contributed by atoms with Crippen LogP contribution in [0, 0.1) is 15.9 Å². The van der Waals surface area contributed by atoms with E-state index in [1.54, 1.807) is 0 Å². The average molecular weight is 401 g/mol. The van der Waals surface area contributed by atoms with Crippen LogP contribution in [0.3, 0.4) is 0 Å². The van der Waals surface area contributed by atoms with E-state index < -0.39 is 29.2 Å². The fourth-order valence-electron chi connectivity index (χ4n) is 2.66. The van der Waals surface area contributed by atoms with Gasteiger partial charge in [-0.25, -0.2) is 14.4 Å². The standard InChI is InChI=1S/C17H16FN7O4/c1-29-13-5-10(4-11(18)6-13)14(9-25(27)28)24-8-12(7-22-24)23-17(26)15-16(19)21-3-2-20-15/h2-8,14H,9H2,1H3,(H2,19,21)(H,23,26). The Labute approximate surface area is 163 Å². The van der Waals surface area contributed by atoms with Crippen LogP contribution in [0.25, 0.3) is 0 Å². The normalized spacial score (nSPS) is 11.7. The van der Waals surface area contributed by atoms with Crippen LogP contribution in [-0.2, 0) is 0 Å². The van der Waals surface area contributed by atoms with Crippen molar-refractivity contribution in [2.24, 2.45) is 0 Å². The summed E-state index contributed by atoms with van der Waals surface area (Å²) in [7, 11) is 1.36. The number of anilines is 2. The van der Waals surface area contributed by atoms with Gasteiger partial charge in [0.15, 0.2) is 11.5 Å². The Morgan fingerprint density at radius 2 is 2.14 bits per heavy atom. The first kappa shape index (κ1) is 19.7. The minimum atomic E-state index is -0.929. The number of ether oxygens (including phenoxy) is 1. The second-order valence-corrected chi connectivity index (χ2v) is 5.91. The molecule has 29 heavy (non-hydrogen) atoms. The molecule has 1 atom stereocenters. The van der Waals surface area contributed by atoms with Crippen molar-refractivity contribution in [3.05, 3.63) is 70.2 Å². The first-order valence-corrected chi connectivity index (χ1v) is 8.25. The van der Waals surface area contributed by atoms with E-state index in [2.05, 4.69) is 20.4 Å². The zero-order valence-corrected chi connectivity index (χ0v) is 15.2. The molecule has 0 aliphatic carbocycles. The number of hydrogen-bond acceptors (Lipinski definition) is 8. The van der Waals surface area contributed by atoms with Crippen LogP contribution in [0.4, 0.5) is 15.9 Å². The number of methoxy groups -OCH3 is 1. The summed E-state index contributed by atoms with van der Waals surface area (Å²) < 4.78 is 20.1. The number of nitrogens with zero attached hydrogens (tertiary/aromatic N) is 5. The molecule has 2 aromatic heterocycles. The summed E-state index contributed by atoms with van der Waals surface area (Å²) in [5, 5.41) is 17.8. The molecule has 1 aromatic carbocycles. The van der Waals surface area contributed by atoms with Crippen molar-refractivity contribution in [1.29, 1.82) is 0 Å². The molecular weight excluding hydrogens is 385 g/mol. The number of halogens is 1. The van der Waals surface area contributed by atoms with E-state index in [-0.39, 0.29) is 28.5 Å². The van der Waals surface area contributed by atoms with Crippen molar-refractivity contribution in [1.82, 2.24) is 19.7 Å². The van der Waals surface area contributed by atoms with Gasteiger partial charge in [-0.1, -0.05) is 0 Å². The molecule has 0 aliphatic heterocycles. The second kappa shape index (κ2) is 8.29. The van der Waals surface area contributed by atoms with Crippen molar-refractivity contribution < 1.29 is 18.8 Å². The highest BCUT2D eigenvalue weighted by atomic mass is 19.1. The van der Waals surface area contributed by atoms with E-state index >= 15 is 0 Å². The Morgan fingerprint density at radius 1 is 1.38 bits per heavy atom. The molecule has 2 heterocycles. The minimum absolute atomic E-state index is 0.0459. The third kappa shape index (κ3) is 4.61. The summed E-state index contributed by atoms with van der Waals surface area (Å²) in [6.45, 7) is -0.557. The van der Waals surface area contributed by atoms with Crippen molar-refractivity contribution in [2.75, 3.05) is 24.7 Å². The van der Waals surface area contributed by atoms with Crippen molar-refractivity contribution in [3.63, 3.8) is 0 Å². The smallest absolute Gasteiger partial charge is 0.278 e. The predicted molar refractivity (Wildman–Crippen MR) is 99.6 cm³/mol. The molecule has 0 saturated heterocycles. The monoisotopic (exact) mass is 401 g/mol. The van der Waals surface area contributed by atoms with Crippen LogP contribution in [0.15, 0.2) is 43.0 Å². The molecule has 0 radical (unpaired) electrons. The molecule has 3 aromatic rings. The number of amides is 1. The molecule has 0 bridgehead atoms. The lowest BCUT2D eigenvalue weighted by Crippen LogP contribution is -2.21. The van der Waals surface area contributed by atoms with Gasteiger partial charge in [0.2, 0.25) is 6.54 Å². The highest BCUT2D eigenvalue weighted by molar-refractivity contribution is 6.05. The summed E-state index contributed by atoms with van der Waals surface area (Å²) >= 11 is 0. The molecule has 12 heteroatoms. The van der Waals surface area contributed by atoms with Gasteiger partial charge in [0.25, 0.3) is 5.91 Å². The number of aromatic nitrogens is 4. The zero-order valence-electron chi connectivity index (χ0n) is 15.2. The first-order chi connectivity index (χ1) is 13.9. The van der Waals surface area contributed by atoms with Gasteiger partial charge < -0.3 is 15.8 Å². The van der Waals surface area contributed by atoms with Crippen LogP contribution >= 0.6 is 0 Å². The molecule has 0 spiro atoms. The van der Waals surface area contributed by atoms with Crippen LogP contribution in [0.1, 0.15) is 22.1 Å². The Bertz CT molecular complexity index is 1060. The molecule has 3 N–H and O–H groups in total. The maximum Gasteiger partial charge on any atom is 0.278 e. The molecule has 0 fully saturated rings. The highest BCUT2D eigenvalue weighted by Gasteiger charge is 2.23. The lowest BCUT2D eigenvalue weighted by atomic mass is 10.1. The zero-order chi connectivity index (χ0) is 21.0. The SMILES string of the molecule is COc1cc(F)cc(C(C[N+](=O)[O-])n2cc(NC(=O)c3nccnc3N)cn2)c1. The summed E-state index contributed by atoms with van der Waals surface area (Å²) in [5.74, 6) is -1.05. The Kier molecular flexibility index (Phi) is 5.62. The number of benzene rings is 1. The van der Waals surface area contributed by atoms with E-state index in [1.165, 1.54) is 42.6 Å². The lowest BCUT2D eigenvalue weighted by molar-refractivity contribution is -0.484. The molecule has 1 amide bonds. The largest absolute Gasteiger partial charge is 0.497 e. The van der Waals surface area contributed by atoms with E-state index in [1.807, 2.05) is 0 Å². The summed E-state index contributed by atoms with van der Waals surface area (Å²) in [6, 6.07) is 2.88. The highest BCUT2D eigenvalue weighted by Crippen LogP contribution is 2.25. The van der Waals surface area contributed by atoms with Crippen molar-refractivity contribution in [3.8, 4) is 5.75 Å². The van der Waals surface area contributed by atoms with E-state index in [9.17, 15) is 19.3 Å². The van der Waals surface area contributed by atoms with Crippen molar-refractivity contribution in [2.45, 2.75) is 6.04 Å². The molecule has 1 unspecified atom stereocenters. The van der Waals surface area contributed by atoms with E-state index in [0.29, 0.717) is 0 Å². The van der Waals surface area contributed by atoms with Gasteiger partial charge in [-0.2, -0.15) is 5.10 Å². The number of nitro groups is 1. The third-order valence-corrected chi connectivity index (χ3v) is 3.96. The predicted octanol–water partition coefficient (Wildman–Crippen LogP) is 1.52. The van der Waals surface area contributed by atoms with Crippen LogP contribution < -0.4 is 15.8 Å². The van der Waals surface area contributed by atoms with Gasteiger partial charge in [0.05, 0.1) is 19.0 Å². The minimum Gasteiger partial charge on any atom is -0.497 e. The van der Waals surface area contributed by atoms with Gasteiger partial charge in [-0.15, -0.1) is 0 Å². The third-order valence-electron chi connectivity index (χ3n) is 3.96. The number of carbonyl (C=O) groups excluding carboxylic acids is 1. The molecular formula is C17H16FN7O4. The number of rotatable bonds is 7. The quantitative estimate of drug-likeness (QED) is 0.447. The first-order valence-electron chi connectivity index (χ1n) is 8.25. The van der Waals surface area contributed by atoms with Crippen LogP contribution in [-0.4, -0.2) is 44.2 Å². The molecule has 3 rings (SSSR count). The second-order valence-electron chi connectivity index (χ2n) is 5.91. The van der Waals surface area contributed by atoms with Gasteiger partial charge in [-0.3, -0.25) is 19.6 Å². The number of nitrogens with two attached hydrogens (primary N) is 1. The fourth-order valence-corrected chi connectivity index (χ4v) is 2.66. The van der Waals surface area contributed by atoms with Crippen LogP contribution in [0.2, 0.25) is 0 Å². The Balaban J connectivity index is 1.88. The number of carbonyl (C=O) groups is 1. The molecule has 150 valence electrons. The topological polar surface area (TPSA) is 151 Å². The van der Waals surface area contributed by atoms with E-state index in [0.717, 1.165) is 12.1 Å². The Morgan fingerprint density at radius 3 is 2.83 bits per heavy atom. The molecule has 0 saturated carbocycles. The number of hydrogen-bond donors (Lipinski definition) is 2. The van der Waals surface area contributed by atoms with Crippen molar-refractivity contribution >= 4 is 17.4 Å². The maximum absolute atomic E-state index is 13.9. The molecule has 11 nitrogen and oxygen atoms in total. The number of nitrogen functional groups attached to an aromatic ring is 1. The van der Waals surface area contributed by atoms with E-state index in [4.69, 9.17) is 10.5 Å². The van der Waals surface area contributed by atoms with Gasteiger partial charge in [-0.05, 0) is 17.7 Å². The summed E-state index contributed by atoms with van der Waals surface area (Å²) in [5.41, 5.74) is 6.09. The van der Waals surface area contributed by atoms with Gasteiger partial charge in [0.1, 0.15) is 17.6 Å². The van der Waals surface area contributed by atoms with Crippen LogP contribution in [0.5, 0.6) is 5.75 Å². The lowest BCUT2D eigenvalue weighted by Gasteiger charge is -2.15. The summed E-state index contributed by atoms with van der Waals surface area (Å²) in [4.78, 5) is 30.5. The summed E-state index contributed by atoms with van der Waals surface area (Å²) in [6.07, 6.45) is 5.35. The van der Waals surface area contributed by atoms with Gasteiger partial charge in [0, 0.05) is 29.6 Å².